The van der Waals surface area contributed by atoms with Gasteiger partial charge in [-0.2, -0.15) is 8.62 Å². The Morgan fingerprint density at radius 3 is 2.30 bits per heavy atom. The molecule has 0 aromatic carbocycles. The predicted octanol–water partition coefficient (Wildman–Crippen LogP) is -2.11. The fourth-order valence-electron chi connectivity index (χ4n) is 2.46. The number of hydrogen-bond acceptors (Lipinski definition) is 11. The normalized spacial score (nSPS) is 31.2. The number of aliphatic hydroxyl groups excluding tert-OH is 1. The lowest BCUT2D eigenvalue weighted by Gasteiger charge is -2.27. The summed E-state index contributed by atoms with van der Waals surface area (Å²) in [5, 5.41) is 20.6. The summed E-state index contributed by atoms with van der Waals surface area (Å²) < 4.78 is 50.9. The van der Waals surface area contributed by atoms with E-state index in [-0.39, 0.29) is 0 Å². The number of aliphatic hydroxyl groups is 2. The van der Waals surface area contributed by atoms with E-state index in [0.717, 1.165) is 23.8 Å². The van der Waals surface area contributed by atoms with Crippen molar-refractivity contribution >= 4 is 23.5 Å². The van der Waals surface area contributed by atoms with E-state index in [9.17, 15) is 38.4 Å². The van der Waals surface area contributed by atoms with Crippen LogP contribution in [0, 0.1) is 0 Å². The van der Waals surface area contributed by atoms with Gasteiger partial charge in [0.1, 0.15) is 17.8 Å². The van der Waals surface area contributed by atoms with Crippen LogP contribution in [-0.4, -0.2) is 63.8 Å². The van der Waals surface area contributed by atoms with Crippen molar-refractivity contribution in [2.24, 2.45) is 0 Å². The first kappa shape index (κ1) is 25.2. The summed E-state index contributed by atoms with van der Waals surface area (Å²) in [5.41, 5.74) is -3.93. The number of H-pyrrole nitrogens is 1. The van der Waals surface area contributed by atoms with Gasteiger partial charge in [-0.25, -0.2) is 18.5 Å². The number of phosphoric acid groups is 3. The second-order valence-corrected chi connectivity index (χ2v) is 10.5. The highest BCUT2D eigenvalue weighted by Crippen LogP contribution is 2.66. The molecule has 2 rings (SSSR count). The minimum atomic E-state index is -5.74. The molecule has 0 amide bonds. The lowest BCUT2D eigenvalue weighted by molar-refractivity contribution is -0.0986. The molecule has 20 heteroatoms. The van der Waals surface area contributed by atoms with Gasteiger partial charge >= 0.3 is 29.2 Å². The third kappa shape index (κ3) is 6.24. The highest BCUT2D eigenvalue weighted by molar-refractivity contribution is 7.66. The minimum absolute atomic E-state index is 0.718. The van der Waals surface area contributed by atoms with Crippen LogP contribution in [0.15, 0.2) is 21.9 Å². The Balaban J connectivity index is 2.13. The molecule has 5 unspecified atom stereocenters. The smallest absolute Gasteiger partial charge is 0.387 e. The van der Waals surface area contributed by atoms with Gasteiger partial charge in [0.2, 0.25) is 0 Å². The van der Waals surface area contributed by atoms with Gasteiger partial charge in [-0.1, -0.05) is 0 Å². The molecule has 2 heterocycles. The standard InChI is InChI=1S/C10H17N2O15P3/c1-10(16)7(14)5(25-8(10)12-3-2-6(13)11-9(12)15)4-24-29(20,21)27-30(22,23)26-28(17,18)19/h2-3,5,7-8,14,16H,4H2,1H3,(H,20,21)(H,22,23)(H,11,13,15)(H2,17,18,19)/t5?,7?,8?,10-/m0/s1. The van der Waals surface area contributed by atoms with Crippen LogP contribution < -0.4 is 11.2 Å². The van der Waals surface area contributed by atoms with Gasteiger partial charge in [-0.15, -0.1) is 0 Å². The van der Waals surface area contributed by atoms with Crippen LogP contribution in [0.1, 0.15) is 13.2 Å². The fraction of sp³-hybridized carbons (Fsp3) is 0.600. The Morgan fingerprint density at radius 2 is 1.77 bits per heavy atom. The molecule has 0 bridgehead atoms. The quantitative estimate of drug-likeness (QED) is 0.189. The Labute approximate surface area is 165 Å². The van der Waals surface area contributed by atoms with Crippen molar-refractivity contribution < 1.29 is 61.4 Å². The van der Waals surface area contributed by atoms with Crippen molar-refractivity contribution in [2.45, 2.75) is 31.0 Å². The summed E-state index contributed by atoms with van der Waals surface area (Å²) >= 11 is 0. The van der Waals surface area contributed by atoms with E-state index in [4.69, 9.17) is 19.4 Å². The summed E-state index contributed by atoms with van der Waals surface area (Å²) in [4.78, 5) is 60.3. The van der Waals surface area contributed by atoms with Gasteiger partial charge in [0.05, 0.1) is 6.61 Å². The molecule has 6 atom stereocenters. The maximum atomic E-state index is 11.9. The van der Waals surface area contributed by atoms with Crippen LogP contribution in [-0.2, 0) is 31.6 Å². The van der Waals surface area contributed by atoms with Crippen LogP contribution >= 0.6 is 23.5 Å². The van der Waals surface area contributed by atoms with Gasteiger partial charge in [-0.05, 0) is 6.92 Å². The van der Waals surface area contributed by atoms with Gasteiger partial charge in [0.25, 0.3) is 5.56 Å². The van der Waals surface area contributed by atoms with Crippen molar-refractivity contribution in [3.8, 4) is 0 Å². The van der Waals surface area contributed by atoms with Crippen molar-refractivity contribution in [3.05, 3.63) is 33.1 Å². The first-order valence-corrected chi connectivity index (χ1v) is 12.1. The number of ether oxygens (including phenoxy) is 1. The van der Waals surface area contributed by atoms with Crippen molar-refractivity contribution in [1.29, 1.82) is 0 Å². The topological polar surface area (TPSA) is 264 Å². The van der Waals surface area contributed by atoms with E-state index in [1.54, 1.807) is 0 Å². The minimum Gasteiger partial charge on any atom is -0.387 e. The fourth-order valence-corrected chi connectivity index (χ4v) is 5.49. The molecule has 0 radical (unpaired) electrons. The molecule has 7 N–H and O–H groups in total. The average molecular weight is 498 g/mol. The van der Waals surface area contributed by atoms with Gasteiger partial charge in [0.15, 0.2) is 6.23 Å². The zero-order chi connectivity index (χ0) is 23.1. The molecule has 30 heavy (non-hydrogen) atoms. The van der Waals surface area contributed by atoms with E-state index in [1.807, 2.05) is 4.98 Å². The number of aromatic amines is 1. The Morgan fingerprint density at radius 1 is 1.17 bits per heavy atom. The molecule has 17 nitrogen and oxygen atoms in total. The molecular formula is C10H17N2O15P3. The number of hydrogen-bond donors (Lipinski definition) is 7. The number of nitrogens with zero attached hydrogens (tertiary/aromatic N) is 1. The predicted molar refractivity (Wildman–Crippen MR) is 91.7 cm³/mol. The summed E-state index contributed by atoms with van der Waals surface area (Å²) in [7, 11) is -16.8. The molecule has 1 aromatic heterocycles. The van der Waals surface area contributed by atoms with E-state index < -0.39 is 65.4 Å². The summed E-state index contributed by atoms with van der Waals surface area (Å²) in [6.45, 7) is -0.0136. The van der Waals surface area contributed by atoms with Crippen molar-refractivity contribution in [1.82, 2.24) is 9.55 Å². The second kappa shape index (κ2) is 8.48. The third-order valence-corrected chi connectivity index (χ3v) is 7.48. The molecule has 1 saturated heterocycles. The van der Waals surface area contributed by atoms with Crippen molar-refractivity contribution in [2.75, 3.05) is 6.61 Å². The molecular weight excluding hydrogens is 481 g/mol. The molecule has 0 saturated carbocycles. The highest BCUT2D eigenvalue weighted by Gasteiger charge is 2.54. The monoisotopic (exact) mass is 498 g/mol. The molecule has 1 aliphatic heterocycles. The zero-order valence-electron chi connectivity index (χ0n) is 14.7. The Hall–Kier alpha value is -1.03. The summed E-state index contributed by atoms with van der Waals surface area (Å²) in [5.74, 6) is 0. The van der Waals surface area contributed by atoms with E-state index in [0.29, 0.717) is 0 Å². The largest absolute Gasteiger partial charge is 0.490 e. The lowest BCUT2D eigenvalue weighted by atomic mass is 9.96. The summed E-state index contributed by atoms with van der Waals surface area (Å²) in [6, 6.07) is 0.923. The van der Waals surface area contributed by atoms with Crippen LogP contribution in [0.4, 0.5) is 0 Å². The zero-order valence-corrected chi connectivity index (χ0v) is 17.4. The summed E-state index contributed by atoms with van der Waals surface area (Å²) in [6.07, 6.45) is -4.08. The van der Waals surface area contributed by atoms with E-state index in [2.05, 4.69) is 13.1 Å². The molecule has 172 valence electrons. The molecule has 1 fully saturated rings. The van der Waals surface area contributed by atoms with Gasteiger partial charge in [0, 0.05) is 12.3 Å². The maximum absolute atomic E-state index is 11.9. The SMILES string of the molecule is C[C@]1(O)C(O)C(COP(=O)(O)OP(=O)(O)OP(=O)(O)O)OC1n1ccc(=O)[nH]c1=O. The van der Waals surface area contributed by atoms with Crippen LogP contribution in [0.25, 0.3) is 0 Å². The van der Waals surface area contributed by atoms with Crippen molar-refractivity contribution in [3.63, 3.8) is 0 Å². The molecule has 0 aliphatic carbocycles. The van der Waals surface area contributed by atoms with E-state index >= 15 is 0 Å². The first-order chi connectivity index (χ1) is 13.4. The third-order valence-electron chi connectivity index (χ3n) is 3.68. The Bertz CT molecular complexity index is 1040. The van der Waals surface area contributed by atoms with Crippen LogP contribution in [0.3, 0.4) is 0 Å². The highest BCUT2D eigenvalue weighted by atomic mass is 31.3. The van der Waals surface area contributed by atoms with Gasteiger partial charge in [-0.3, -0.25) is 18.9 Å². The number of aromatic nitrogens is 2. The number of rotatable bonds is 8. The second-order valence-electron chi connectivity index (χ2n) is 6.10. The molecule has 1 aromatic rings. The number of nitrogens with one attached hydrogen (secondary N) is 1. The van der Waals surface area contributed by atoms with Gasteiger partial charge < -0.3 is 34.5 Å². The van der Waals surface area contributed by atoms with E-state index in [1.165, 1.54) is 0 Å². The number of phosphoric ester groups is 1. The van der Waals surface area contributed by atoms with Crippen LogP contribution in [0.5, 0.6) is 0 Å². The average Bonchev–Trinajstić information content (AvgIpc) is 2.73. The molecule has 1 aliphatic rings. The first-order valence-electron chi connectivity index (χ1n) is 7.59. The Kier molecular flexibility index (Phi) is 7.14. The van der Waals surface area contributed by atoms with Crippen LogP contribution in [0.2, 0.25) is 0 Å². The maximum Gasteiger partial charge on any atom is 0.490 e. The molecule has 0 spiro atoms. The lowest BCUT2D eigenvalue weighted by Crippen LogP contribution is -2.46.